The summed E-state index contributed by atoms with van der Waals surface area (Å²) in [5, 5.41) is 3.57. The van der Waals surface area contributed by atoms with Gasteiger partial charge in [-0.05, 0) is 32.4 Å². The van der Waals surface area contributed by atoms with E-state index < -0.39 is 0 Å². The topological polar surface area (TPSA) is 42.2 Å². The van der Waals surface area contributed by atoms with Crippen molar-refractivity contribution in [2.24, 2.45) is 0 Å². The second-order valence-corrected chi connectivity index (χ2v) is 4.78. The molecule has 0 amide bonds. The van der Waals surface area contributed by atoms with Gasteiger partial charge in [0.25, 0.3) is 0 Å². The minimum Gasteiger partial charge on any atom is -0.314 e. The molecule has 104 valence electrons. The molecule has 4 heteroatoms. The predicted molar refractivity (Wildman–Crippen MR) is 78.4 cm³/mol. The SMILES string of the molecule is CC.Cc1c(C[C@@H]2CCCCN2)nc2ncccn12. The first-order chi connectivity index (χ1) is 9.34. The number of fused-ring (bicyclic) bond motifs is 1. The summed E-state index contributed by atoms with van der Waals surface area (Å²) in [6.45, 7) is 7.27. The lowest BCUT2D eigenvalue weighted by molar-refractivity contribution is 0.397. The fourth-order valence-electron chi connectivity index (χ4n) is 2.57. The largest absolute Gasteiger partial charge is 0.314 e. The lowest BCUT2D eigenvalue weighted by atomic mass is 10.00. The molecule has 3 rings (SSSR count). The van der Waals surface area contributed by atoms with Crippen LogP contribution in [0.15, 0.2) is 18.5 Å². The van der Waals surface area contributed by atoms with Gasteiger partial charge in [-0.2, -0.15) is 0 Å². The van der Waals surface area contributed by atoms with Gasteiger partial charge in [0.05, 0.1) is 5.69 Å². The van der Waals surface area contributed by atoms with Gasteiger partial charge in [-0.15, -0.1) is 0 Å². The van der Waals surface area contributed by atoms with Gasteiger partial charge in [0, 0.05) is 30.6 Å². The van der Waals surface area contributed by atoms with Crippen molar-refractivity contribution in [2.75, 3.05) is 6.54 Å². The zero-order chi connectivity index (χ0) is 13.7. The first-order valence-electron chi connectivity index (χ1n) is 7.36. The van der Waals surface area contributed by atoms with E-state index in [4.69, 9.17) is 0 Å². The zero-order valence-electron chi connectivity index (χ0n) is 12.2. The number of aromatic nitrogens is 3. The Morgan fingerprint density at radius 2 is 2.21 bits per heavy atom. The minimum absolute atomic E-state index is 0.590. The van der Waals surface area contributed by atoms with E-state index in [1.807, 2.05) is 26.1 Å². The maximum absolute atomic E-state index is 4.62. The maximum atomic E-state index is 4.62. The molecule has 1 fully saturated rings. The van der Waals surface area contributed by atoms with Crippen LogP contribution in [-0.2, 0) is 6.42 Å². The molecule has 2 aromatic heterocycles. The Morgan fingerprint density at radius 1 is 1.37 bits per heavy atom. The number of piperidine rings is 1. The third kappa shape index (κ3) is 3.13. The van der Waals surface area contributed by atoms with Gasteiger partial charge in [0.15, 0.2) is 0 Å². The van der Waals surface area contributed by atoms with Crippen molar-refractivity contribution in [1.29, 1.82) is 0 Å². The van der Waals surface area contributed by atoms with Gasteiger partial charge >= 0.3 is 0 Å². The van der Waals surface area contributed by atoms with E-state index in [1.165, 1.54) is 30.7 Å². The van der Waals surface area contributed by atoms with Gasteiger partial charge in [0.2, 0.25) is 5.78 Å². The number of hydrogen-bond acceptors (Lipinski definition) is 3. The van der Waals surface area contributed by atoms with E-state index in [-0.39, 0.29) is 0 Å². The van der Waals surface area contributed by atoms with Crippen molar-refractivity contribution in [1.82, 2.24) is 19.7 Å². The Morgan fingerprint density at radius 3 is 2.89 bits per heavy atom. The van der Waals surface area contributed by atoms with Crippen LogP contribution in [-0.4, -0.2) is 27.0 Å². The second-order valence-electron chi connectivity index (χ2n) is 4.78. The molecule has 1 aliphatic heterocycles. The van der Waals surface area contributed by atoms with Crippen molar-refractivity contribution < 1.29 is 0 Å². The van der Waals surface area contributed by atoms with E-state index >= 15 is 0 Å². The summed E-state index contributed by atoms with van der Waals surface area (Å²) >= 11 is 0. The van der Waals surface area contributed by atoms with Crippen LogP contribution in [0.3, 0.4) is 0 Å². The van der Waals surface area contributed by atoms with Crippen molar-refractivity contribution in [2.45, 2.75) is 52.5 Å². The number of nitrogens with one attached hydrogen (secondary N) is 1. The maximum Gasteiger partial charge on any atom is 0.234 e. The van der Waals surface area contributed by atoms with E-state index in [9.17, 15) is 0 Å². The van der Waals surface area contributed by atoms with E-state index in [0.29, 0.717) is 6.04 Å². The molecular formula is C15H24N4. The molecule has 0 spiro atoms. The highest BCUT2D eigenvalue weighted by molar-refractivity contribution is 5.35. The monoisotopic (exact) mass is 260 g/mol. The third-order valence-corrected chi connectivity index (χ3v) is 3.59. The van der Waals surface area contributed by atoms with E-state index in [0.717, 1.165) is 18.7 Å². The summed E-state index contributed by atoms with van der Waals surface area (Å²) in [5.74, 6) is 0.816. The molecule has 0 radical (unpaired) electrons. The molecule has 0 unspecified atom stereocenters. The number of hydrogen-bond donors (Lipinski definition) is 1. The molecule has 0 aliphatic carbocycles. The van der Waals surface area contributed by atoms with Crippen LogP contribution < -0.4 is 5.32 Å². The number of rotatable bonds is 2. The third-order valence-electron chi connectivity index (χ3n) is 3.59. The average molecular weight is 260 g/mol. The summed E-state index contributed by atoms with van der Waals surface area (Å²) in [5.41, 5.74) is 2.41. The molecule has 19 heavy (non-hydrogen) atoms. The van der Waals surface area contributed by atoms with Crippen LogP contribution in [0.1, 0.15) is 44.5 Å². The molecule has 3 heterocycles. The van der Waals surface area contributed by atoms with Crippen molar-refractivity contribution in [3.63, 3.8) is 0 Å². The van der Waals surface area contributed by atoms with E-state index in [1.54, 1.807) is 6.20 Å². The fraction of sp³-hybridized carbons (Fsp3) is 0.600. The Balaban J connectivity index is 0.000000637. The highest BCUT2D eigenvalue weighted by Gasteiger charge is 2.17. The minimum atomic E-state index is 0.590. The lowest BCUT2D eigenvalue weighted by Gasteiger charge is -2.22. The van der Waals surface area contributed by atoms with Crippen LogP contribution in [0.2, 0.25) is 0 Å². The summed E-state index contributed by atoms with van der Waals surface area (Å²) < 4.78 is 2.07. The normalized spacial score (nSPS) is 19.0. The Hall–Kier alpha value is -1.42. The Bertz CT molecular complexity index is 512. The standard InChI is InChI=1S/C13H18N4.C2H6/c1-10-12(9-11-5-2-3-6-14-11)16-13-15-7-4-8-17(10)13;1-2/h4,7-8,11,14H,2-3,5-6,9H2,1H3;1-2H3/t11-;/m0./s1. The van der Waals surface area contributed by atoms with Crippen LogP contribution in [0.5, 0.6) is 0 Å². The van der Waals surface area contributed by atoms with Gasteiger partial charge in [-0.3, -0.25) is 4.40 Å². The molecule has 0 bridgehead atoms. The van der Waals surface area contributed by atoms with Crippen molar-refractivity contribution in [3.05, 3.63) is 29.8 Å². The van der Waals surface area contributed by atoms with Gasteiger partial charge in [-0.1, -0.05) is 20.3 Å². The molecule has 1 saturated heterocycles. The van der Waals surface area contributed by atoms with Crippen LogP contribution >= 0.6 is 0 Å². The average Bonchev–Trinajstić information content (AvgIpc) is 2.79. The van der Waals surface area contributed by atoms with Crippen LogP contribution in [0.4, 0.5) is 0 Å². The quantitative estimate of drug-likeness (QED) is 0.903. The molecule has 0 aromatic carbocycles. The number of imidazole rings is 1. The highest BCUT2D eigenvalue weighted by atomic mass is 15.1. The summed E-state index contributed by atoms with van der Waals surface area (Å²) in [7, 11) is 0. The van der Waals surface area contributed by atoms with Crippen molar-refractivity contribution >= 4 is 5.78 Å². The number of aryl methyl sites for hydroxylation is 1. The molecule has 0 saturated carbocycles. The lowest BCUT2D eigenvalue weighted by Crippen LogP contribution is -2.35. The number of nitrogens with zero attached hydrogens (tertiary/aromatic N) is 3. The van der Waals surface area contributed by atoms with Gasteiger partial charge in [0.1, 0.15) is 0 Å². The summed E-state index contributed by atoms with van der Waals surface area (Å²) in [6.07, 6.45) is 8.76. The highest BCUT2D eigenvalue weighted by Crippen LogP contribution is 2.16. The fourth-order valence-corrected chi connectivity index (χ4v) is 2.57. The van der Waals surface area contributed by atoms with Crippen LogP contribution in [0.25, 0.3) is 5.78 Å². The Kier molecular flexibility index (Phi) is 4.91. The molecule has 1 aliphatic rings. The molecule has 4 nitrogen and oxygen atoms in total. The van der Waals surface area contributed by atoms with Gasteiger partial charge < -0.3 is 5.32 Å². The Labute approximate surface area is 115 Å². The van der Waals surface area contributed by atoms with Gasteiger partial charge in [-0.25, -0.2) is 9.97 Å². The smallest absolute Gasteiger partial charge is 0.234 e. The second kappa shape index (κ2) is 6.66. The molecule has 1 N–H and O–H groups in total. The molecule has 2 aromatic rings. The van der Waals surface area contributed by atoms with Crippen molar-refractivity contribution in [3.8, 4) is 0 Å². The first kappa shape index (κ1) is 14.0. The van der Waals surface area contributed by atoms with Crippen LogP contribution in [0, 0.1) is 6.92 Å². The predicted octanol–water partition coefficient (Wildman–Crippen LogP) is 2.75. The summed E-state index contributed by atoms with van der Waals surface area (Å²) in [6, 6.07) is 2.54. The first-order valence-corrected chi connectivity index (χ1v) is 7.36. The zero-order valence-corrected chi connectivity index (χ0v) is 12.2. The molecular weight excluding hydrogens is 236 g/mol. The molecule has 1 atom stereocenters. The summed E-state index contributed by atoms with van der Waals surface area (Å²) in [4.78, 5) is 8.91. The van der Waals surface area contributed by atoms with E-state index in [2.05, 4.69) is 26.6 Å².